The van der Waals surface area contributed by atoms with Gasteiger partial charge in [0.2, 0.25) is 0 Å². The van der Waals surface area contributed by atoms with Crippen LogP contribution in [0.5, 0.6) is 0 Å². The molecule has 3 rings (SSSR count). The third kappa shape index (κ3) is 1.87. The van der Waals surface area contributed by atoms with Gasteiger partial charge in [0.25, 0.3) is 0 Å². The molecule has 0 amide bonds. The van der Waals surface area contributed by atoms with Crippen molar-refractivity contribution in [2.45, 2.75) is 25.0 Å². The molecule has 1 aliphatic rings. The second-order valence-electron chi connectivity index (χ2n) is 4.57. The molecule has 1 aromatic heterocycles. The van der Waals surface area contributed by atoms with Gasteiger partial charge in [0.15, 0.2) is 0 Å². The summed E-state index contributed by atoms with van der Waals surface area (Å²) in [6.45, 7) is 2.11. The quantitative estimate of drug-likeness (QED) is 0.788. The predicted molar refractivity (Wildman–Crippen MR) is 74.5 cm³/mol. The number of hydrogen-bond acceptors (Lipinski definition) is 2. The van der Waals surface area contributed by atoms with E-state index >= 15 is 0 Å². The molecule has 1 unspecified atom stereocenters. The average Bonchev–Trinajstić information content (AvgIpc) is 2.31. The van der Waals surface area contributed by atoms with Crippen molar-refractivity contribution in [3.63, 3.8) is 0 Å². The number of fused-ring (bicyclic) bond motifs is 1. The van der Waals surface area contributed by atoms with E-state index in [9.17, 15) is 0 Å². The molecule has 0 bridgehead atoms. The molecule has 1 atom stereocenters. The monoisotopic (exact) mass is 241 g/mol. The first-order valence-corrected chi connectivity index (χ1v) is 6.53. The van der Waals surface area contributed by atoms with Crippen LogP contribution in [-0.4, -0.2) is 4.98 Å². The van der Waals surface area contributed by atoms with Gasteiger partial charge in [-0.2, -0.15) is 12.6 Å². The molecule has 0 fully saturated rings. The average molecular weight is 241 g/mol. The minimum absolute atomic E-state index is 0.226. The minimum Gasteiger partial charge on any atom is -0.252 e. The number of aryl methyl sites for hydroxylation is 2. The van der Waals surface area contributed by atoms with Crippen molar-refractivity contribution >= 4 is 12.6 Å². The van der Waals surface area contributed by atoms with Gasteiger partial charge in [0.05, 0.1) is 5.69 Å². The fourth-order valence-corrected chi connectivity index (χ4v) is 2.46. The topological polar surface area (TPSA) is 12.9 Å². The first-order chi connectivity index (χ1) is 8.25. The molecular formula is C15H15NS. The summed E-state index contributed by atoms with van der Waals surface area (Å²) in [6, 6.07) is 12.7. The maximum Gasteiger partial charge on any atom is 0.0748 e. The smallest absolute Gasteiger partial charge is 0.0748 e. The van der Waals surface area contributed by atoms with E-state index in [1.54, 1.807) is 0 Å². The van der Waals surface area contributed by atoms with Crippen molar-refractivity contribution < 1.29 is 0 Å². The third-order valence-corrected chi connectivity index (χ3v) is 3.63. The maximum atomic E-state index is 4.80. The molecule has 0 spiro atoms. The van der Waals surface area contributed by atoms with E-state index in [1.165, 1.54) is 28.8 Å². The summed E-state index contributed by atoms with van der Waals surface area (Å²) in [5, 5.41) is 0.226. The number of rotatable bonds is 2. The lowest BCUT2D eigenvalue weighted by molar-refractivity contribution is 0.783. The fourth-order valence-electron chi connectivity index (χ4n) is 2.27. The van der Waals surface area contributed by atoms with E-state index in [0.29, 0.717) is 0 Å². The molecule has 0 saturated carbocycles. The van der Waals surface area contributed by atoms with E-state index in [0.717, 1.165) is 12.1 Å². The Bertz CT molecular complexity index is 546. The Kier molecular flexibility index (Phi) is 2.67. The largest absolute Gasteiger partial charge is 0.252 e. The van der Waals surface area contributed by atoms with Gasteiger partial charge >= 0.3 is 0 Å². The minimum atomic E-state index is 0.226. The lowest BCUT2D eigenvalue weighted by atomic mass is 9.90. The summed E-state index contributed by atoms with van der Waals surface area (Å²) in [6.07, 6.45) is 2.29. The van der Waals surface area contributed by atoms with E-state index in [-0.39, 0.29) is 5.25 Å². The van der Waals surface area contributed by atoms with Gasteiger partial charge in [0.1, 0.15) is 0 Å². The zero-order valence-electron chi connectivity index (χ0n) is 9.85. The zero-order chi connectivity index (χ0) is 11.8. The number of hydrogen-bond donors (Lipinski definition) is 1. The molecule has 0 aliphatic heterocycles. The highest BCUT2D eigenvalue weighted by atomic mass is 32.1. The Hall–Kier alpha value is -1.28. The molecular weight excluding hydrogens is 226 g/mol. The molecule has 1 aliphatic carbocycles. The Labute approximate surface area is 107 Å². The van der Waals surface area contributed by atoms with Crippen LogP contribution in [-0.2, 0) is 12.8 Å². The highest BCUT2D eigenvalue weighted by molar-refractivity contribution is 7.80. The van der Waals surface area contributed by atoms with Crippen LogP contribution in [0.1, 0.15) is 29.0 Å². The van der Waals surface area contributed by atoms with Gasteiger partial charge in [-0.05, 0) is 30.9 Å². The molecule has 2 aromatic rings. The Morgan fingerprint density at radius 1 is 1.18 bits per heavy atom. The highest BCUT2D eigenvalue weighted by Gasteiger charge is 2.20. The summed E-state index contributed by atoms with van der Waals surface area (Å²) in [5.41, 5.74) is 6.21. The Balaban J connectivity index is 2.18. The number of aromatic nitrogens is 1. The van der Waals surface area contributed by atoms with E-state index in [2.05, 4.69) is 49.9 Å². The van der Waals surface area contributed by atoms with Crippen LogP contribution in [0, 0.1) is 0 Å². The standard InChI is InChI=1S/C15H15NS/c1-10(17)13-9-12-7-8-14(12)16-15(13)11-5-3-2-4-6-11/h2-6,9-10,17H,7-8H2,1H3. The van der Waals surface area contributed by atoms with Gasteiger partial charge in [-0.1, -0.05) is 36.4 Å². The van der Waals surface area contributed by atoms with Crippen molar-refractivity contribution in [1.29, 1.82) is 0 Å². The number of pyridine rings is 1. The third-order valence-electron chi connectivity index (χ3n) is 3.35. The molecule has 1 aromatic carbocycles. The van der Waals surface area contributed by atoms with Crippen molar-refractivity contribution in [3.8, 4) is 11.3 Å². The van der Waals surface area contributed by atoms with Crippen molar-refractivity contribution in [1.82, 2.24) is 4.98 Å². The fraction of sp³-hybridized carbons (Fsp3) is 0.267. The van der Waals surface area contributed by atoms with Gasteiger partial charge in [-0.25, -0.2) is 0 Å². The van der Waals surface area contributed by atoms with Crippen LogP contribution >= 0.6 is 12.6 Å². The number of thiol groups is 1. The summed E-state index contributed by atoms with van der Waals surface area (Å²) in [4.78, 5) is 4.80. The first-order valence-electron chi connectivity index (χ1n) is 6.02. The SMILES string of the molecule is CC(S)c1cc2c(nc1-c1ccccc1)CC2. The molecule has 86 valence electrons. The highest BCUT2D eigenvalue weighted by Crippen LogP contribution is 2.34. The summed E-state index contributed by atoms with van der Waals surface area (Å²) >= 11 is 4.57. The van der Waals surface area contributed by atoms with Gasteiger partial charge in [0, 0.05) is 16.5 Å². The molecule has 2 heteroatoms. The van der Waals surface area contributed by atoms with Crippen LogP contribution in [0.15, 0.2) is 36.4 Å². The van der Waals surface area contributed by atoms with Crippen LogP contribution < -0.4 is 0 Å². The van der Waals surface area contributed by atoms with E-state index in [1.807, 2.05) is 6.07 Å². The molecule has 1 nitrogen and oxygen atoms in total. The summed E-state index contributed by atoms with van der Waals surface area (Å²) in [7, 11) is 0. The predicted octanol–water partition coefficient (Wildman–Crippen LogP) is 3.84. The Morgan fingerprint density at radius 3 is 2.53 bits per heavy atom. The van der Waals surface area contributed by atoms with Crippen LogP contribution in [0.4, 0.5) is 0 Å². The summed E-state index contributed by atoms with van der Waals surface area (Å²) in [5.74, 6) is 0. The van der Waals surface area contributed by atoms with Gasteiger partial charge in [-0.15, -0.1) is 0 Å². The second-order valence-corrected chi connectivity index (χ2v) is 5.35. The number of benzene rings is 1. The van der Waals surface area contributed by atoms with Crippen LogP contribution in [0.3, 0.4) is 0 Å². The first kappa shape index (κ1) is 10.8. The van der Waals surface area contributed by atoms with Crippen molar-refractivity contribution in [2.24, 2.45) is 0 Å². The lowest BCUT2D eigenvalue weighted by Crippen LogP contribution is -2.13. The van der Waals surface area contributed by atoms with Crippen molar-refractivity contribution in [2.75, 3.05) is 0 Å². The number of nitrogens with zero attached hydrogens (tertiary/aromatic N) is 1. The van der Waals surface area contributed by atoms with E-state index in [4.69, 9.17) is 4.98 Å². The molecule has 1 heterocycles. The van der Waals surface area contributed by atoms with Crippen LogP contribution in [0.25, 0.3) is 11.3 Å². The molecule has 0 radical (unpaired) electrons. The molecule has 17 heavy (non-hydrogen) atoms. The molecule has 0 N–H and O–H groups in total. The zero-order valence-corrected chi connectivity index (χ0v) is 10.7. The van der Waals surface area contributed by atoms with E-state index < -0.39 is 0 Å². The lowest BCUT2D eigenvalue weighted by Gasteiger charge is -2.22. The Morgan fingerprint density at radius 2 is 1.94 bits per heavy atom. The van der Waals surface area contributed by atoms with Crippen molar-refractivity contribution in [3.05, 3.63) is 53.2 Å². The van der Waals surface area contributed by atoms with Crippen LogP contribution in [0.2, 0.25) is 0 Å². The second kappa shape index (κ2) is 4.19. The normalized spacial score (nSPS) is 14.9. The summed E-state index contributed by atoms with van der Waals surface area (Å²) < 4.78 is 0. The molecule has 0 saturated heterocycles. The maximum absolute atomic E-state index is 4.80. The van der Waals surface area contributed by atoms with Gasteiger partial charge in [-0.3, -0.25) is 4.98 Å². The van der Waals surface area contributed by atoms with Gasteiger partial charge < -0.3 is 0 Å².